The van der Waals surface area contributed by atoms with Crippen molar-refractivity contribution in [1.29, 1.82) is 0 Å². The Morgan fingerprint density at radius 3 is 2.66 bits per heavy atom. The zero-order chi connectivity index (χ0) is 22.3. The van der Waals surface area contributed by atoms with Crippen LogP contribution in [-0.2, 0) is 16.2 Å². The number of nitrogens with one attached hydrogen (secondary N) is 1. The first-order valence-electron chi connectivity index (χ1n) is 10.2. The van der Waals surface area contributed by atoms with Crippen LogP contribution in [0.15, 0.2) is 84.0 Å². The van der Waals surface area contributed by atoms with Gasteiger partial charge in [-0.3, -0.25) is 9.59 Å². The zero-order valence-corrected chi connectivity index (χ0v) is 18.0. The first-order valence-corrected chi connectivity index (χ1v) is 10.6. The fourth-order valence-corrected chi connectivity index (χ4v) is 3.56. The number of halogens is 1. The van der Waals surface area contributed by atoms with E-state index in [4.69, 9.17) is 16.3 Å². The highest BCUT2D eigenvalue weighted by Gasteiger charge is 2.34. The van der Waals surface area contributed by atoms with Crippen LogP contribution in [0.2, 0.25) is 5.02 Å². The van der Waals surface area contributed by atoms with Crippen LogP contribution in [0.5, 0.6) is 5.75 Å². The van der Waals surface area contributed by atoms with Gasteiger partial charge in [-0.1, -0.05) is 54.1 Å². The molecule has 7 heteroatoms. The van der Waals surface area contributed by atoms with E-state index in [-0.39, 0.29) is 18.2 Å². The minimum absolute atomic E-state index is 0.0640. The van der Waals surface area contributed by atoms with Gasteiger partial charge in [0.25, 0.3) is 0 Å². The van der Waals surface area contributed by atoms with Crippen molar-refractivity contribution < 1.29 is 14.3 Å². The molecule has 6 nitrogen and oxygen atoms in total. The molecule has 1 fully saturated rings. The lowest BCUT2D eigenvalue weighted by Gasteiger charge is -2.16. The smallest absolute Gasteiger partial charge is 0.245 e. The van der Waals surface area contributed by atoms with Crippen molar-refractivity contribution in [2.75, 3.05) is 11.4 Å². The standard InChI is InChI=1S/C25H22ClN3O3/c26-21-11-9-18(10-12-21)17-32-23-8-4-5-19(13-23)15-27-28-25(31)20-14-24(30)29(16-20)22-6-2-1-3-7-22/h1-13,15,20H,14,16-17H2,(H,28,31)/b27-15-/t20-/m1/s1. The molecule has 0 aliphatic carbocycles. The summed E-state index contributed by atoms with van der Waals surface area (Å²) in [5.74, 6) is -0.0851. The third kappa shape index (κ3) is 5.53. The van der Waals surface area contributed by atoms with Crippen LogP contribution in [0, 0.1) is 5.92 Å². The normalized spacial score (nSPS) is 15.8. The lowest BCUT2D eigenvalue weighted by molar-refractivity contribution is -0.126. The highest BCUT2D eigenvalue weighted by molar-refractivity contribution is 6.30. The number of amides is 2. The third-order valence-electron chi connectivity index (χ3n) is 5.13. The molecule has 0 radical (unpaired) electrons. The maximum Gasteiger partial charge on any atom is 0.245 e. The summed E-state index contributed by atoms with van der Waals surface area (Å²) in [7, 11) is 0. The Balaban J connectivity index is 1.30. The first kappa shape index (κ1) is 21.6. The molecule has 3 aromatic rings. The second kappa shape index (κ2) is 10.1. The zero-order valence-electron chi connectivity index (χ0n) is 17.3. The van der Waals surface area contributed by atoms with Crippen molar-refractivity contribution in [3.63, 3.8) is 0 Å². The topological polar surface area (TPSA) is 71.0 Å². The average molecular weight is 448 g/mol. The van der Waals surface area contributed by atoms with Crippen LogP contribution in [0.1, 0.15) is 17.5 Å². The molecule has 0 unspecified atom stereocenters. The van der Waals surface area contributed by atoms with E-state index in [0.29, 0.717) is 23.9 Å². The summed E-state index contributed by atoms with van der Waals surface area (Å²) in [6.07, 6.45) is 1.73. The van der Waals surface area contributed by atoms with Gasteiger partial charge in [0.15, 0.2) is 0 Å². The van der Waals surface area contributed by atoms with Gasteiger partial charge < -0.3 is 9.64 Å². The minimum atomic E-state index is -0.436. The van der Waals surface area contributed by atoms with Gasteiger partial charge in [-0.15, -0.1) is 0 Å². The van der Waals surface area contributed by atoms with Crippen molar-refractivity contribution in [3.05, 3.63) is 95.0 Å². The fraction of sp³-hybridized carbons (Fsp3) is 0.160. The molecule has 1 aliphatic heterocycles. The number of hydrogen-bond acceptors (Lipinski definition) is 4. The second-order valence-corrected chi connectivity index (χ2v) is 7.90. The number of nitrogens with zero attached hydrogens (tertiary/aromatic N) is 2. The van der Waals surface area contributed by atoms with E-state index in [1.54, 1.807) is 11.1 Å². The van der Waals surface area contributed by atoms with E-state index >= 15 is 0 Å². The predicted molar refractivity (Wildman–Crippen MR) is 125 cm³/mol. The Kier molecular flexibility index (Phi) is 6.82. The van der Waals surface area contributed by atoms with Gasteiger partial charge in [-0.2, -0.15) is 5.10 Å². The largest absolute Gasteiger partial charge is 0.489 e. The maximum absolute atomic E-state index is 12.5. The number of hydrazone groups is 1. The molecule has 1 aliphatic rings. The molecule has 3 aromatic carbocycles. The summed E-state index contributed by atoms with van der Waals surface area (Å²) >= 11 is 5.90. The Hall–Kier alpha value is -3.64. The van der Waals surface area contributed by atoms with Crippen LogP contribution < -0.4 is 15.1 Å². The summed E-state index contributed by atoms with van der Waals surface area (Å²) in [5.41, 5.74) is 5.14. The number of benzene rings is 3. The first-order chi connectivity index (χ1) is 15.6. The number of hydrogen-bond donors (Lipinski definition) is 1. The van der Waals surface area contributed by atoms with Crippen LogP contribution >= 0.6 is 11.6 Å². The summed E-state index contributed by atoms with van der Waals surface area (Å²) < 4.78 is 5.81. The fourth-order valence-electron chi connectivity index (χ4n) is 3.43. The lowest BCUT2D eigenvalue weighted by Crippen LogP contribution is -2.30. The molecule has 1 saturated heterocycles. The average Bonchev–Trinajstić information content (AvgIpc) is 3.21. The molecular formula is C25H22ClN3O3. The van der Waals surface area contributed by atoms with Gasteiger partial charge in [0.05, 0.1) is 12.1 Å². The number of carbonyl (C=O) groups is 2. The Labute approximate surface area is 191 Å². The molecule has 32 heavy (non-hydrogen) atoms. The number of rotatable bonds is 7. The molecule has 1 atom stereocenters. The summed E-state index contributed by atoms with van der Waals surface area (Å²) in [6.45, 7) is 0.764. The Morgan fingerprint density at radius 1 is 1.09 bits per heavy atom. The van der Waals surface area contributed by atoms with Gasteiger partial charge in [0, 0.05) is 23.7 Å². The van der Waals surface area contributed by atoms with E-state index in [1.165, 1.54) is 0 Å². The Morgan fingerprint density at radius 2 is 1.88 bits per heavy atom. The molecule has 4 rings (SSSR count). The maximum atomic E-state index is 12.5. The molecule has 0 spiro atoms. The minimum Gasteiger partial charge on any atom is -0.489 e. The van der Waals surface area contributed by atoms with Crippen molar-refractivity contribution in [2.45, 2.75) is 13.0 Å². The van der Waals surface area contributed by atoms with E-state index in [1.807, 2.05) is 78.9 Å². The van der Waals surface area contributed by atoms with Crippen molar-refractivity contribution >= 4 is 35.3 Å². The molecule has 0 bridgehead atoms. The monoisotopic (exact) mass is 447 g/mol. The second-order valence-electron chi connectivity index (χ2n) is 7.46. The van der Waals surface area contributed by atoms with Gasteiger partial charge >= 0.3 is 0 Å². The van der Waals surface area contributed by atoms with Crippen LogP contribution in [0.25, 0.3) is 0 Å². The molecule has 2 amide bonds. The Bertz CT molecular complexity index is 1120. The van der Waals surface area contributed by atoms with Crippen LogP contribution in [0.3, 0.4) is 0 Å². The molecule has 0 saturated carbocycles. The SMILES string of the molecule is O=C(N/N=C\c1cccc(OCc2ccc(Cl)cc2)c1)[C@@H]1CC(=O)N(c2ccccc2)C1. The van der Waals surface area contributed by atoms with Gasteiger partial charge in [0.1, 0.15) is 12.4 Å². The quantitative estimate of drug-likeness (QED) is 0.430. The van der Waals surface area contributed by atoms with Crippen molar-refractivity contribution in [1.82, 2.24) is 5.43 Å². The molecule has 1 N–H and O–H groups in total. The van der Waals surface area contributed by atoms with Gasteiger partial charge in [-0.05, 0) is 47.5 Å². The van der Waals surface area contributed by atoms with E-state index in [0.717, 1.165) is 16.8 Å². The lowest BCUT2D eigenvalue weighted by atomic mass is 10.1. The third-order valence-corrected chi connectivity index (χ3v) is 5.38. The highest BCUT2D eigenvalue weighted by atomic mass is 35.5. The van der Waals surface area contributed by atoms with Gasteiger partial charge in [0.2, 0.25) is 11.8 Å². The number of anilines is 1. The molecular weight excluding hydrogens is 426 g/mol. The van der Waals surface area contributed by atoms with E-state index in [9.17, 15) is 9.59 Å². The summed E-state index contributed by atoms with van der Waals surface area (Å²) in [5, 5.41) is 4.74. The van der Waals surface area contributed by atoms with Crippen molar-refractivity contribution in [3.8, 4) is 5.75 Å². The molecule has 1 heterocycles. The van der Waals surface area contributed by atoms with E-state index in [2.05, 4.69) is 10.5 Å². The number of carbonyl (C=O) groups excluding carboxylic acids is 2. The predicted octanol–water partition coefficient (Wildman–Crippen LogP) is 4.42. The highest BCUT2D eigenvalue weighted by Crippen LogP contribution is 2.24. The molecule has 162 valence electrons. The summed E-state index contributed by atoms with van der Waals surface area (Å²) in [6, 6.07) is 24.2. The molecule has 0 aromatic heterocycles. The van der Waals surface area contributed by atoms with Crippen LogP contribution in [0.4, 0.5) is 5.69 Å². The number of ether oxygens (including phenoxy) is 1. The van der Waals surface area contributed by atoms with E-state index < -0.39 is 5.92 Å². The van der Waals surface area contributed by atoms with Crippen molar-refractivity contribution in [2.24, 2.45) is 11.0 Å². The van der Waals surface area contributed by atoms with Gasteiger partial charge in [-0.25, -0.2) is 5.43 Å². The van der Waals surface area contributed by atoms with Crippen LogP contribution in [-0.4, -0.2) is 24.6 Å². The summed E-state index contributed by atoms with van der Waals surface area (Å²) in [4.78, 5) is 26.4. The number of para-hydroxylation sites is 1.